The fourth-order valence-electron chi connectivity index (χ4n) is 1.11. The van der Waals surface area contributed by atoms with E-state index in [1.54, 1.807) is 17.5 Å². The highest BCUT2D eigenvalue weighted by atomic mass is 32.1. The molecule has 1 aromatic rings. The second kappa shape index (κ2) is 5.32. The Bertz CT molecular complexity index is 226. The van der Waals surface area contributed by atoms with Gasteiger partial charge in [0.15, 0.2) is 0 Å². The second-order valence-electron chi connectivity index (χ2n) is 2.95. The van der Waals surface area contributed by atoms with Crippen LogP contribution in [0.2, 0.25) is 0 Å². The lowest BCUT2D eigenvalue weighted by Crippen LogP contribution is -2.36. The standard InChI is InChI=1S/C9H16N2OS/c1-3-12-7(2)8(10)6-9-11-4-5-13-9/h4-5,7-8H,3,6,10H2,1-2H3. The van der Waals surface area contributed by atoms with Gasteiger partial charge in [0.1, 0.15) is 0 Å². The van der Waals surface area contributed by atoms with Gasteiger partial charge >= 0.3 is 0 Å². The van der Waals surface area contributed by atoms with Crippen molar-refractivity contribution in [2.24, 2.45) is 5.73 Å². The number of ether oxygens (including phenoxy) is 1. The summed E-state index contributed by atoms with van der Waals surface area (Å²) >= 11 is 1.64. The van der Waals surface area contributed by atoms with Gasteiger partial charge in [0, 0.05) is 30.6 Å². The van der Waals surface area contributed by atoms with Crippen LogP contribution in [0.15, 0.2) is 11.6 Å². The van der Waals surface area contributed by atoms with Crippen LogP contribution in [0.3, 0.4) is 0 Å². The lowest BCUT2D eigenvalue weighted by Gasteiger charge is -2.18. The van der Waals surface area contributed by atoms with Gasteiger partial charge in [-0.05, 0) is 13.8 Å². The number of thiazole rings is 1. The molecule has 0 aliphatic rings. The summed E-state index contributed by atoms with van der Waals surface area (Å²) in [7, 11) is 0. The number of rotatable bonds is 5. The Kier molecular flexibility index (Phi) is 4.35. The van der Waals surface area contributed by atoms with Crippen LogP contribution < -0.4 is 5.73 Å². The lowest BCUT2D eigenvalue weighted by molar-refractivity contribution is 0.0577. The highest BCUT2D eigenvalue weighted by Gasteiger charge is 2.13. The molecule has 0 saturated carbocycles. The molecule has 2 unspecified atom stereocenters. The number of aromatic nitrogens is 1. The van der Waals surface area contributed by atoms with Crippen molar-refractivity contribution in [3.63, 3.8) is 0 Å². The molecule has 1 rings (SSSR count). The lowest BCUT2D eigenvalue weighted by atomic mass is 10.1. The Labute approximate surface area is 82.9 Å². The smallest absolute Gasteiger partial charge is 0.0941 e. The molecule has 3 nitrogen and oxygen atoms in total. The largest absolute Gasteiger partial charge is 0.377 e. The molecule has 2 N–H and O–H groups in total. The van der Waals surface area contributed by atoms with Gasteiger partial charge in [0.05, 0.1) is 11.1 Å². The third-order valence-electron chi connectivity index (χ3n) is 1.93. The Morgan fingerprint density at radius 1 is 1.69 bits per heavy atom. The molecule has 2 atom stereocenters. The summed E-state index contributed by atoms with van der Waals surface area (Å²) in [5, 5.41) is 3.05. The van der Waals surface area contributed by atoms with Crippen molar-refractivity contribution in [2.45, 2.75) is 32.4 Å². The summed E-state index contributed by atoms with van der Waals surface area (Å²) in [6.45, 7) is 4.70. The first-order valence-corrected chi connectivity index (χ1v) is 5.37. The van der Waals surface area contributed by atoms with Gasteiger partial charge in [-0.1, -0.05) is 0 Å². The van der Waals surface area contributed by atoms with Gasteiger partial charge in [-0.25, -0.2) is 4.98 Å². The van der Waals surface area contributed by atoms with Gasteiger partial charge in [-0.3, -0.25) is 0 Å². The maximum absolute atomic E-state index is 5.94. The number of nitrogens with zero attached hydrogens (tertiary/aromatic N) is 1. The van der Waals surface area contributed by atoms with Crippen LogP contribution in [0.5, 0.6) is 0 Å². The molecule has 4 heteroatoms. The molecule has 0 aliphatic heterocycles. The highest BCUT2D eigenvalue weighted by molar-refractivity contribution is 7.09. The summed E-state index contributed by atoms with van der Waals surface area (Å²) in [6.07, 6.45) is 2.71. The minimum absolute atomic E-state index is 0.0473. The van der Waals surface area contributed by atoms with Crippen molar-refractivity contribution >= 4 is 11.3 Å². The van der Waals surface area contributed by atoms with E-state index in [1.807, 2.05) is 19.2 Å². The Morgan fingerprint density at radius 3 is 3.00 bits per heavy atom. The quantitative estimate of drug-likeness (QED) is 0.782. The van der Waals surface area contributed by atoms with Gasteiger partial charge < -0.3 is 10.5 Å². The van der Waals surface area contributed by atoms with E-state index >= 15 is 0 Å². The zero-order valence-electron chi connectivity index (χ0n) is 8.06. The number of hydrogen-bond donors (Lipinski definition) is 1. The van der Waals surface area contributed by atoms with Crippen LogP contribution in [0.25, 0.3) is 0 Å². The minimum atomic E-state index is 0.0473. The van der Waals surface area contributed by atoms with Gasteiger partial charge in [-0.15, -0.1) is 11.3 Å². The molecule has 0 fully saturated rings. The average molecular weight is 200 g/mol. The van der Waals surface area contributed by atoms with Crippen LogP contribution >= 0.6 is 11.3 Å². The summed E-state index contributed by atoms with van der Waals surface area (Å²) in [5.74, 6) is 0. The van der Waals surface area contributed by atoms with E-state index in [-0.39, 0.29) is 12.1 Å². The molecule has 0 radical (unpaired) electrons. The van der Waals surface area contributed by atoms with Crippen LogP contribution in [0, 0.1) is 0 Å². The molecule has 0 amide bonds. The van der Waals surface area contributed by atoms with Crippen molar-refractivity contribution in [3.8, 4) is 0 Å². The zero-order valence-corrected chi connectivity index (χ0v) is 8.88. The SMILES string of the molecule is CCOC(C)C(N)Cc1nccs1. The van der Waals surface area contributed by atoms with E-state index in [4.69, 9.17) is 10.5 Å². The topological polar surface area (TPSA) is 48.1 Å². The molecule has 0 aromatic carbocycles. The summed E-state index contributed by atoms with van der Waals surface area (Å²) in [6, 6.07) is 0.0473. The fourth-order valence-corrected chi connectivity index (χ4v) is 1.80. The van der Waals surface area contributed by atoms with E-state index < -0.39 is 0 Å². The van der Waals surface area contributed by atoms with E-state index in [0.29, 0.717) is 6.61 Å². The van der Waals surface area contributed by atoms with Crippen LogP contribution in [0.1, 0.15) is 18.9 Å². The third kappa shape index (κ3) is 3.42. The van der Waals surface area contributed by atoms with Crippen LogP contribution in [0.4, 0.5) is 0 Å². The van der Waals surface area contributed by atoms with Crippen molar-refractivity contribution in [1.29, 1.82) is 0 Å². The predicted octanol–water partition coefficient (Wildman–Crippen LogP) is 1.44. The highest BCUT2D eigenvalue weighted by Crippen LogP contribution is 2.09. The zero-order chi connectivity index (χ0) is 9.68. The van der Waals surface area contributed by atoms with E-state index in [2.05, 4.69) is 4.98 Å². The molecule has 74 valence electrons. The van der Waals surface area contributed by atoms with Crippen LogP contribution in [-0.2, 0) is 11.2 Å². The molecular weight excluding hydrogens is 184 g/mol. The Morgan fingerprint density at radius 2 is 2.46 bits per heavy atom. The molecule has 0 saturated heterocycles. The fraction of sp³-hybridized carbons (Fsp3) is 0.667. The van der Waals surface area contributed by atoms with E-state index in [1.165, 1.54) is 0 Å². The molecular formula is C9H16N2OS. The molecule has 1 heterocycles. The summed E-state index contributed by atoms with van der Waals surface area (Å²) < 4.78 is 5.40. The Balaban J connectivity index is 2.36. The second-order valence-corrected chi connectivity index (χ2v) is 3.93. The van der Waals surface area contributed by atoms with Crippen molar-refractivity contribution in [3.05, 3.63) is 16.6 Å². The first-order valence-electron chi connectivity index (χ1n) is 4.49. The normalized spacial score (nSPS) is 15.6. The first-order chi connectivity index (χ1) is 6.24. The maximum atomic E-state index is 5.94. The van der Waals surface area contributed by atoms with Crippen molar-refractivity contribution in [1.82, 2.24) is 4.98 Å². The molecule has 0 bridgehead atoms. The summed E-state index contributed by atoms with van der Waals surface area (Å²) in [5.41, 5.74) is 5.94. The van der Waals surface area contributed by atoms with Crippen molar-refractivity contribution in [2.75, 3.05) is 6.61 Å². The minimum Gasteiger partial charge on any atom is -0.377 e. The number of nitrogens with two attached hydrogens (primary N) is 1. The Hall–Kier alpha value is -0.450. The maximum Gasteiger partial charge on any atom is 0.0941 e. The van der Waals surface area contributed by atoms with E-state index in [9.17, 15) is 0 Å². The molecule has 13 heavy (non-hydrogen) atoms. The van der Waals surface area contributed by atoms with Crippen LogP contribution in [-0.4, -0.2) is 23.7 Å². The van der Waals surface area contributed by atoms with Gasteiger partial charge in [-0.2, -0.15) is 0 Å². The van der Waals surface area contributed by atoms with Crippen molar-refractivity contribution < 1.29 is 4.74 Å². The third-order valence-corrected chi connectivity index (χ3v) is 2.73. The van der Waals surface area contributed by atoms with Gasteiger partial charge in [0.2, 0.25) is 0 Å². The molecule has 0 spiro atoms. The molecule has 0 aliphatic carbocycles. The number of hydrogen-bond acceptors (Lipinski definition) is 4. The molecule has 1 aromatic heterocycles. The van der Waals surface area contributed by atoms with Gasteiger partial charge in [0.25, 0.3) is 0 Å². The van der Waals surface area contributed by atoms with E-state index in [0.717, 1.165) is 11.4 Å². The monoisotopic (exact) mass is 200 g/mol. The average Bonchev–Trinajstić information content (AvgIpc) is 2.57. The first kappa shape index (κ1) is 10.6. The summed E-state index contributed by atoms with van der Waals surface area (Å²) in [4.78, 5) is 4.18. The predicted molar refractivity (Wildman–Crippen MR) is 54.9 cm³/mol.